The van der Waals surface area contributed by atoms with Gasteiger partial charge in [-0.15, -0.1) is 11.3 Å². The number of benzene rings is 1. The molecule has 0 atom stereocenters. The summed E-state index contributed by atoms with van der Waals surface area (Å²) >= 11 is 1.39. The van der Waals surface area contributed by atoms with E-state index in [0.717, 1.165) is 16.9 Å². The summed E-state index contributed by atoms with van der Waals surface area (Å²) in [5.74, 6) is -0.0133. The second-order valence-electron chi connectivity index (χ2n) is 3.52. The highest BCUT2D eigenvalue weighted by molar-refractivity contribution is 7.13. The monoisotopic (exact) mass is 247 g/mol. The van der Waals surface area contributed by atoms with Gasteiger partial charge in [0.1, 0.15) is 0 Å². The first-order valence-corrected chi connectivity index (χ1v) is 6.19. The van der Waals surface area contributed by atoms with Crippen LogP contribution in [-0.2, 0) is 4.79 Å². The highest BCUT2D eigenvalue weighted by atomic mass is 32.1. The van der Waals surface area contributed by atoms with Crippen LogP contribution in [-0.4, -0.2) is 10.9 Å². The van der Waals surface area contributed by atoms with Gasteiger partial charge in [-0.1, -0.05) is 25.1 Å². The van der Waals surface area contributed by atoms with E-state index in [1.165, 1.54) is 11.3 Å². The molecule has 0 radical (unpaired) electrons. The van der Waals surface area contributed by atoms with Gasteiger partial charge in [0, 0.05) is 17.4 Å². The molecule has 1 heterocycles. The van der Waals surface area contributed by atoms with Crippen molar-refractivity contribution in [1.29, 1.82) is 0 Å². The molecule has 88 valence electrons. The number of anilines is 2. The minimum Gasteiger partial charge on any atom is -0.375 e. The average Bonchev–Trinajstić information content (AvgIpc) is 2.76. The van der Waals surface area contributed by atoms with Crippen molar-refractivity contribution in [3.8, 4) is 11.3 Å². The zero-order valence-corrected chi connectivity index (χ0v) is 10.3. The molecule has 0 aliphatic rings. The van der Waals surface area contributed by atoms with E-state index >= 15 is 0 Å². The molecule has 0 unspecified atom stereocenters. The Hall–Kier alpha value is -1.88. The molecule has 1 aromatic carbocycles. The number of nitrogen functional groups attached to an aromatic ring is 1. The number of nitrogens with two attached hydrogens (primary N) is 1. The van der Waals surface area contributed by atoms with Crippen LogP contribution >= 0.6 is 11.3 Å². The van der Waals surface area contributed by atoms with Crippen LogP contribution in [0.4, 0.5) is 10.8 Å². The lowest BCUT2D eigenvalue weighted by Gasteiger charge is -2.08. The number of carbonyl (C=O) groups excluding carboxylic acids is 1. The van der Waals surface area contributed by atoms with Gasteiger partial charge in [0.05, 0.1) is 11.4 Å². The second kappa shape index (κ2) is 4.97. The van der Waals surface area contributed by atoms with Crippen molar-refractivity contribution >= 4 is 28.1 Å². The van der Waals surface area contributed by atoms with Crippen molar-refractivity contribution in [2.24, 2.45) is 0 Å². The van der Waals surface area contributed by atoms with Gasteiger partial charge in [-0.05, 0) is 6.07 Å². The van der Waals surface area contributed by atoms with Crippen molar-refractivity contribution in [2.75, 3.05) is 11.1 Å². The molecule has 0 bridgehead atoms. The first-order chi connectivity index (χ1) is 8.20. The number of hydrogen-bond acceptors (Lipinski definition) is 4. The van der Waals surface area contributed by atoms with Crippen LogP contribution in [0.15, 0.2) is 29.6 Å². The van der Waals surface area contributed by atoms with E-state index in [1.54, 1.807) is 0 Å². The van der Waals surface area contributed by atoms with Gasteiger partial charge < -0.3 is 11.1 Å². The summed E-state index contributed by atoms with van der Waals surface area (Å²) in [4.78, 5) is 15.6. The van der Waals surface area contributed by atoms with Gasteiger partial charge in [0.15, 0.2) is 5.13 Å². The quantitative estimate of drug-likeness (QED) is 0.876. The Labute approximate surface area is 103 Å². The highest BCUT2D eigenvalue weighted by Gasteiger charge is 2.09. The van der Waals surface area contributed by atoms with Crippen molar-refractivity contribution in [3.63, 3.8) is 0 Å². The molecule has 1 amide bonds. The summed E-state index contributed by atoms with van der Waals surface area (Å²) in [6.07, 6.45) is 0.452. The Kier molecular flexibility index (Phi) is 3.39. The maximum atomic E-state index is 11.4. The van der Waals surface area contributed by atoms with E-state index in [9.17, 15) is 4.79 Å². The van der Waals surface area contributed by atoms with Crippen LogP contribution in [0.5, 0.6) is 0 Å². The fraction of sp³-hybridized carbons (Fsp3) is 0.167. The number of rotatable bonds is 3. The molecule has 1 aromatic heterocycles. The molecule has 5 heteroatoms. The lowest BCUT2D eigenvalue weighted by molar-refractivity contribution is -0.115. The number of amides is 1. The van der Waals surface area contributed by atoms with E-state index < -0.39 is 0 Å². The molecular weight excluding hydrogens is 234 g/mol. The second-order valence-corrected chi connectivity index (χ2v) is 4.41. The van der Waals surface area contributed by atoms with Gasteiger partial charge in [-0.3, -0.25) is 4.79 Å². The summed E-state index contributed by atoms with van der Waals surface area (Å²) < 4.78 is 0. The molecule has 2 aromatic rings. The SMILES string of the molecule is CCC(=O)Nc1ccccc1-c1csc(N)n1. The van der Waals surface area contributed by atoms with Crippen LogP contribution in [0, 0.1) is 0 Å². The summed E-state index contributed by atoms with van der Waals surface area (Å²) in [7, 11) is 0. The first-order valence-electron chi connectivity index (χ1n) is 5.31. The van der Waals surface area contributed by atoms with E-state index in [1.807, 2.05) is 36.6 Å². The summed E-state index contributed by atoms with van der Waals surface area (Å²) in [5, 5.41) is 5.26. The predicted octanol–water partition coefficient (Wildman–Crippen LogP) is 2.74. The Balaban J connectivity index is 2.37. The fourth-order valence-corrected chi connectivity index (χ4v) is 2.03. The van der Waals surface area contributed by atoms with Crippen LogP contribution in [0.2, 0.25) is 0 Å². The number of hydrogen-bond donors (Lipinski definition) is 2. The number of para-hydroxylation sites is 1. The largest absolute Gasteiger partial charge is 0.375 e. The Bertz CT molecular complexity index is 536. The van der Waals surface area contributed by atoms with Gasteiger partial charge in [-0.25, -0.2) is 4.98 Å². The van der Waals surface area contributed by atoms with Crippen molar-refractivity contribution in [3.05, 3.63) is 29.6 Å². The lowest BCUT2D eigenvalue weighted by atomic mass is 10.1. The molecule has 2 rings (SSSR count). The molecule has 3 N–H and O–H groups in total. The minimum absolute atomic E-state index is 0.0133. The van der Waals surface area contributed by atoms with Crippen molar-refractivity contribution in [1.82, 2.24) is 4.98 Å². The molecule has 0 saturated heterocycles. The minimum atomic E-state index is -0.0133. The van der Waals surface area contributed by atoms with Gasteiger partial charge in [0.2, 0.25) is 5.91 Å². The summed E-state index contributed by atoms with van der Waals surface area (Å²) in [6.45, 7) is 1.82. The first kappa shape index (κ1) is 11.6. The van der Waals surface area contributed by atoms with E-state index in [0.29, 0.717) is 11.6 Å². The lowest BCUT2D eigenvalue weighted by Crippen LogP contribution is -2.10. The van der Waals surface area contributed by atoms with Crippen molar-refractivity contribution < 1.29 is 4.79 Å². The van der Waals surface area contributed by atoms with Crippen LogP contribution in [0.3, 0.4) is 0 Å². The molecule has 17 heavy (non-hydrogen) atoms. The zero-order chi connectivity index (χ0) is 12.3. The van der Waals surface area contributed by atoms with Crippen molar-refractivity contribution in [2.45, 2.75) is 13.3 Å². The fourth-order valence-electron chi connectivity index (χ4n) is 1.47. The Morgan fingerprint density at radius 3 is 2.88 bits per heavy atom. The molecule has 0 aliphatic carbocycles. The number of nitrogens with one attached hydrogen (secondary N) is 1. The van der Waals surface area contributed by atoms with Gasteiger partial charge >= 0.3 is 0 Å². The molecule has 4 nitrogen and oxygen atoms in total. The molecule has 0 aliphatic heterocycles. The number of aromatic nitrogens is 1. The van der Waals surface area contributed by atoms with Gasteiger partial charge in [-0.2, -0.15) is 0 Å². The molecule has 0 saturated carbocycles. The zero-order valence-electron chi connectivity index (χ0n) is 9.43. The summed E-state index contributed by atoms with van der Waals surface area (Å²) in [6, 6.07) is 7.56. The topological polar surface area (TPSA) is 68.0 Å². The average molecular weight is 247 g/mol. The normalized spacial score (nSPS) is 10.2. The number of nitrogens with zero attached hydrogens (tertiary/aromatic N) is 1. The third-order valence-corrected chi connectivity index (χ3v) is 2.99. The highest BCUT2D eigenvalue weighted by Crippen LogP contribution is 2.29. The van der Waals surface area contributed by atoms with E-state index in [2.05, 4.69) is 10.3 Å². The van der Waals surface area contributed by atoms with E-state index in [-0.39, 0.29) is 5.91 Å². The van der Waals surface area contributed by atoms with Gasteiger partial charge in [0.25, 0.3) is 0 Å². The van der Waals surface area contributed by atoms with Crippen LogP contribution < -0.4 is 11.1 Å². The maximum Gasteiger partial charge on any atom is 0.224 e. The molecular formula is C12H13N3OS. The summed E-state index contributed by atoms with van der Waals surface area (Å²) in [5.41, 5.74) is 8.06. The Morgan fingerprint density at radius 1 is 1.47 bits per heavy atom. The Morgan fingerprint density at radius 2 is 2.24 bits per heavy atom. The predicted molar refractivity (Wildman–Crippen MR) is 70.9 cm³/mol. The maximum absolute atomic E-state index is 11.4. The van der Waals surface area contributed by atoms with E-state index in [4.69, 9.17) is 5.73 Å². The third kappa shape index (κ3) is 2.62. The molecule has 0 fully saturated rings. The number of thiazole rings is 1. The number of carbonyl (C=O) groups is 1. The standard InChI is InChI=1S/C12H13N3OS/c1-2-11(16)14-9-6-4-3-5-8(9)10-7-17-12(13)15-10/h3-7H,2H2,1H3,(H2,13,15)(H,14,16). The van der Waals surface area contributed by atoms with Crippen LogP contribution in [0.25, 0.3) is 11.3 Å². The third-order valence-electron chi connectivity index (χ3n) is 2.32. The smallest absolute Gasteiger partial charge is 0.224 e. The van der Waals surface area contributed by atoms with Crippen LogP contribution in [0.1, 0.15) is 13.3 Å². The molecule has 0 spiro atoms.